The molecule has 0 aromatic heterocycles. The fourth-order valence-electron chi connectivity index (χ4n) is 3.61. The summed E-state index contributed by atoms with van der Waals surface area (Å²) >= 11 is 1.66. The summed E-state index contributed by atoms with van der Waals surface area (Å²) in [5, 5.41) is 3.25. The topological polar surface area (TPSA) is 38.3 Å². The largest absolute Gasteiger partial charge is 0.487 e. The van der Waals surface area contributed by atoms with Crippen LogP contribution in [0, 0.1) is 6.92 Å². The lowest BCUT2D eigenvalue weighted by Gasteiger charge is -2.41. The number of carbonyl (C=O) groups excluding carboxylic acids is 1. The van der Waals surface area contributed by atoms with Gasteiger partial charge in [0.05, 0.1) is 11.8 Å². The molecule has 2 aromatic rings. The number of amides is 1. The summed E-state index contributed by atoms with van der Waals surface area (Å²) in [5.41, 5.74) is 3.41. The predicted octanol–water partition coefficient (Wildman–Crippen LogP) is 5.43. The van der Waals surface area contributed by atoms with Gasteiger partial charge >= 0.3 is 0 Å². The predicted molar refractivity (Wildman–Crippen MR) is 113 cm³/mol. The molecule has 27 heavy (non-hydrogen) atoms. The summed E-state index contributed by atoms with van der Waals surface area (Å²) in [6.07, 6.45) is 2.70. The van der Waals surface area contributed by atoms with E-state index < -0.39 is 0 Å². The normalized spacial score (nSPS) is 17.7. The van der Waals surface area contributed by atoms with Gasteiger partial charge in [-0.1, -0.05) is 61.9 Å². The van der Waals surface area contributed by atoms with Crippen LogP contribution < -0.4 is 10.1 Å². The summed E-state index contributed by atoms with van der Waals surface area (Å²) < 4.78 is 6.32. The van der Waals surface area contributed by atoms with Gasteiger partial charge in [-0.2, -0.15) is 0 Å². The lowest BCUT2D eigenvalue weighted by atomic mass is 9.83. The van der Waals surface area contributed by atoms with E-state index in [4.69, 9.17) is 4.74 Å². The zero-order valence-electron chi connectivity index (χ0n) is 16.5. The number of thioether (sulfide) groups is 1. The summed E-state index contributed by atoms with van der Waals surface area (Å²) in [6.45, 7) is 6.41. The number of nitrogens with one attached hydrogen (secondary N) is 1. The van der Waals surface area contributed by atoms with Gasteiger partial charge in [-0.25, -0.2) is 0 Å². The lowest BCUT2D eigenvalue weighted by Crippen LogP contribution is -2.44. The van der Waals surface area contributed by atoms with Gasteiger partial charge < -0.3 is 10.1 Å². The molecule has 1 atom stereocenters. The number of hydrogen-bond donors (Lipinski definition) is 1. The van der Waals surface area contributed by atoms with E-state index in [1.54, 1.807) is 11.8 Å². The Morgan fingerprint density at radius 2 is 1.85 bits per heavy atom. The third-order valence-corrected chi connectivity index (χ3v) is 6.45. The summed E-state index contributed by atoms with van der Waals surface area (Å²) in [4.78, 5) is 12.6. The van der Waals surface area contributed by atoms with Crippen LogP contribution in [0.15, 0.2) is 48.5 Å². The van der Waals surface area contributed by atoms with Gasteiger partial charge in [0.2, 0.25) is 5.91 Å². The summed E-state index contributed by atoms with van der Waals surface area (Å²) in [7, 11) is 0. The molecule has 0 saturated carbocycles. The summed E-state index contributed by atoms with van der Waals surface area (Å²) in [5.74, 6) is 2.32. The van der Waals surface area contributed by atoms with E-state index >= 15 is 0 Å². The highest BCUT2D eigenvalue weighted by Gasteiger charge is 2.38. The molecule has 4 heteroatoms. The first-order valence-corrected chi connectivity index (χ1v) is 10.9. The molecule has 1 aliphatic rings. The Labute approximate surface area is 166 Å². The minimum atomic E-state index is -0.193. The second kappa shape index (κ2) is 8.83. The van der Waals surface area contributed by atoms with Gasteiger partial charge in [0.25, 0.3) is 0 Å². The molecule has 2 aromatic carbocycles. The second-order valence-electron chi connectivity index (χ2n) is 7.33. The van der Waals surface area contributed by atoms with Crippen molar-refractivity contribution in [2.45, 2.75) is 57.4 Å². The number of aryl methyl sites for hydroxylation is 1. The molecule has 0 unspecified atom stereocenters. The molecule has 0 fully saturated rings. The van der Waals surface area contributed by atoms with Crippen molar-refractivity contribution < 1.29 is 9.53 Å². The van der Waals surface area contributed by atoms with Gasteiger partial charge in [-0.3, -0.25) is 4.79 Å². The van der Waals surface area contributed by atoms with Crippen molar-refractivity contribution in [2.24, 2.45) is 0 Å². The minimum Gasteiger partial charge on any atom is -0.487 e. The van der Waals surface area contributed by atoms with Crippen molar-refractivity contribution in [3.05, 3.63) is 65.2 Å². The fraction of sp³-hybridized carbons (Fsp3) is 0.435. The minimum absolute atomic E-state index is 0.0160. The van der Waals surface area contributed by atoms with Crippen LogP contribution >= 0.6 is 11.8 Å². The third-order valence-electron chi connectivity index (χ3n) is 5.44. The number of para-hydroxylation sites is 1. The molecule has 0 spiro atoms. The van der Waals surface area contributed by atoms with E-state index in [2.05, 4.69) is 56.4 Å². The van der Waals surface area contributed by atoms with Crippen LogP contribution in [-0.2, 0) is 10.5 Å². The maximum atomic E-state index is 12.6. The van der Waals surface area contributed by atoms with Crippen LogP contribution in [0.2, 0.25) is 0 Å². The van der Waals surface area contributed by atoms with Crippen molar-refractivity contribution in [1.82, 2.24) is 5.32 Å². The van der Waals surface area contributed by atoms with Gasteiger partial charge in [0, 0.05) is 17.7 Å². The first kappa shape index (κ1) is 19.8. The average molecular weight is 384 g/mol. The Balaban J connectivity index is 1.61. The first-order valence-electron chi connectivity index (χ1n) is 9.76. The Bertz CT molecular complexity index is 768. The number of ether oxygens (including phenoxy) is 1. The molecule has 1 heterocycles. The number of rotatable bonds is 7. The first-order chi connectivity index (χ1) is 13.0. The van der Waals surface area contributed by atoms with Crippen molar-refractivity contribution in [2.75, 3.05) is 5.75 Å². The third kappa shape index (κ3) is 4.86. The van der Waals surface area contributed by atoms with E-state index in [-0.39, 0.29) is 17.6 Å². The molecule has 1 N–H and O–H groups in total. The van der Waals surface area contributed by atoms with Crippen LogP contribution in [0.3, 0.4) is 0 Å². The highest BCUT2D eigenvalue weighted by atomic mass is 32.2. The van der Waals surface area contributed by atoms with E-state index in [1.165, 1.54) is 11.1 Å². The molecule has 3 nitrogen and oxygen atoms in total. The fourth-order valence-corrected chi connectivity index (χ4v) is 4.41. The molecule has 1 aliphatic heterocycles. The van der Waals surface area contributed by atoms with E-state index in [0.29, 0.717) is 5.75 Å². The number of carbonyl (C=O) groups is 1. The molecule has 1 amide bonds. The average Bonchev–Trinajstić information content (AvgIpc) is 2.69. The Kier molecular flexibility index (Phi) is 6.48. The highest BCUT2D eigenvalue weighted by molar-refractivity contribution is 7.99. The molecule has 3 rings (SSSR count). The van der Waals surface area contributed by atoms with Crippen molar-refractivity contribution >= 4 is 17.7 Å². The quantitative estimate of drug-likeness (QED) is 0.693. The number of hydrogen-bond acceptors (Lipinski definition) is 3. The van der Waals surface area contributed by atoms with Crippen LogP contribution in [-0.4, -0.2) is 17.3 Å². The zero-order chi connectivity index (χ0) is 19.3. The van der Waals surface area contributed by atoms with E-state index in [9.17, 15) is 4.79 Å². The maximum absolute atomic E-state index is 12.6. The van der Waals surface area contributed by atoms with Crippen LogP contribution in [0.5, 0.6) is 5.75 Å². The maximum Gasteiger partial charge on any atom is 0.230 e. The van der Waals surface area contributed by atoms with Gasteiger partial charge in [0.1, 0.15) is 11.4 Å². The molecular weight excluding hydrogens is 354 g/mol. The molecule has 0 bridgehead atoms. The van der Waals surface area contributed by atoms with E-state index in [0.717, 1.165) is 36.3 Å². The van der Waals surface area contributed by atoms with Gasteiger partial charge in [-0.05, 0) is 31.4 Å². The Morgan fingerprint density at radius 3 is 2.56 bits per heavy atom. The lowest BCUT2D eigenvalue weighted by molar-refractivity contribution is -0.120. The SMILES string of the molecule is CCC1(CC)C[C@H](NC(=O)CSCc2ccc(C)cc2)c2ccccc2O1. The smallest absolute Gasteiger partial charge is 0.230 e. The van der Waals surface area contributed by atoms with Crippen LogP contribution in [0.4, 0.5) is 0 Å². The van der Waals surface area contributed by atoms with Crippen molar-refractivity contribution in [1.29, 1.82) is 0 Å². The number of fused-ring (bicyclic) bond motifs is 1. The highest BCUT2D eigenvalue weighted by Crippen LogP contribution is 2.42. The molecule has 0 radical (unpaired) electrons. The standard InChI is InChI=1S/C23H29NO2S/c1-4-23(5-2)14-20(19-8-6-7-9-21(19)26-23)24-22(25)16-27-15-18-12-10-17(3)11-13-18/h6-13,20H,4-5,14-16H2,1-3H3,(H,24,25)/t20-/m0/s1. The van der Waals surface area contributed by atoms with Gasteiger partial charge in [0.15, 0.2) is 0 Å². The number of benzene rings is 2. The van der Waals surface area contributed by atoms with Crippen LogP contribution in [0.1, 0.15) is 55.8 Å². The van der Waals surface area contributed by atoms with Crippen molar-refractivity contribution in [3.63, 3.8) is 0 Å². The Morgan fingerprint density at radius 1 is 1.15 bits per heavy atom. The Hall–Kier alpha value is -1.94. The van der Waals surface area contributed by atoms with Gasteiger partial charge in [-0.15, -0.1) is 11.8 Å². The van der Waals surface area contributed by atoms with E-state index in [1.807, 2.05) is 18.2 Å². The zero-order valence-corrected chi connectivity index (χ0v) is 17.3. The molecule has 144 valence electrons. The van der Waals surface area contributed by atoms with Crippen LogP contribution in [0.25, 0.3) is 0 Å². The van der Waals surface area contributed by atoms with Crippen molar-refractivity contribution in [3.8, 4) is 5.75 Å². The molecule has 0 aliphatic carbocycles. The summed E-state index contributed by atoms with van der Waals surface area (Å²) in [6, 6.07) is 16.6. The monoisotopic (exact) mass is 383 g/mol. The second-order valence-corrected chi connectivity index (χ2v) is 8.32. The molecular formula is C23H29NO2S. The molecule has 0 saturated heterocycles.